The smallest absolute Gasteiger partial charge is 0.271 e. The molecule has 142 valence electrons. The quantitative estimate of drug-likeness (QED) is 0.401. The Hall–Kier alpha value is -1.80. The van der Waals surface area contributed by atoms with Gasteiger partial charge in [-0.2, -0.15) is 0 Å². The number of anilines is 1. The summed E-state index contributed by atoms with van der Waals surface area (Å²) < 4.78 is 5.71. The molecule has 1 fully saturated rings. The number of benzene rings is 1. The average Bonchev–Trinajstić information content (AvgIpc) is 2.54. The molecule has 1 aliphatic heterocycles. The van der Waals surface area contributed by atoms with Gasteiger partial charge in [-0.3, -0.25) is 10.1 Å². The number of nitrogens with zero attached hydrogens (tertiary/aromatic N) is 2. The lowest BCUT2D eigenvalue weighted by Crippen LogP contribution is -2.46. The molecule has 0 spiro atoms. The molecule has 2 aromatic rings. The van der Waals surface area contributed by atoms with Crippen molar-refractivity contribution >= 4 is 47.8 Å². The first-order valence-corrected chi connectivity index (χ1v) is 7.98. The number of hydrogen-bond acceptors (Lipinski definition) is 6. The predicted molar refractivity (Wildman–Crippen MR) is 106 cm³/mol. The van der Waals surface area contributed by atoms with Crippen LogP contribution in [0.1, 0.15) is 12.0 Å². The van der Waals surface area contributed by atoms with Gasteiger partial charge in [-0.1, -0.05) is 17.7 Å². The van der Waals surface area contributed by atoms with Crippen molar-refractivity contribution in [1.82, 2.24) is 10.3 Å². The van der Waals surface area contributed by atoms with Crippen LogP contribution in [0.5, 0.6) is 5.75 Å². The zero-order chi connectivity index (χ0) is 16.9. The molecule has 0 bridgehead atoms. The van der Waals surface area contributed by atoms with Gasteiger partial charge in [0.15, 0.2) is 0 Å². The van der Waals surface area contributed by atoms with Crippen LogP contribution in [0.4, 0.5) is 11.4 Å². The van der Waals surface area contributed by atoms with Crippen LogP contribution >= 0.6 is 36.4 Å². The SMILES string of the molecule is Cl.Cl.O=[N+]([O-])c1cccc(NCc2cc(OC[C@@H]3CCN3)cnc2Cl)c1. The predicted octanol–water partition coefficient (Wildman–Crippen LogP) is 3.84. The summed E-state index contributed by atoms with van der Waals surface area (Å²) in [6.07, 6.45) is 2.71. The lowest BCUT2D eigenvalue weighted by atomic mass is 10.1. The van der Waals surface area contributed by atoms with E-state index in [1.165, 1.54) is 12.1 Å². The summed E-state index contributed by atoms with van der Waals surface area (Å²) >= 11 is 6.12. The molecule has 10 heteroatoms. The molecular formula is C16H19Cl3N4O3. The molecular weight excluding hydrogens is 403 g/mol. The lowest BCUT2D eigenvalue weighted by Gasteiger charge is -2.27. The zero-order valence-corrected chi connectivity index (χ0v) is 16.1. The van der Waals surface area contributed by atoms with Crippen molar-refractivity contribution in [2.75, 3.05) is 18.5 Å². The Morgan fingerprint density at radius 2 is 2.15 bits per heavy atom. The number of pyridine rings is 1. The van der Waals surface area contributed by atoms with Gasteiger partial charge in [0.1, 0.15) is 17.5 Å². The van der Waals surface area contributed by atoms with E-state index in [-0.39, 0.29) is 30.5 Å². The van der Waals surface area contributed by atoms with E-state index in [4.69, 9.17) is 16.3 Å². The number of ether oxygens (including phenoxy) is 1. The highest BCUT2D eigenvalue weighted by Gasteiger charge is 2.17. The minimum atomic E-state index is -0.428. The van der Waals surface area contributed by atoms with Gasteiger partial charge in [0.2, 0.25) is 0 Å². The van der Waals surface area contributed by atoms with Crippen LogP contribution in [0.15, 0.2) is 36.5 Å². The highest BCUT2D eigenvalue weighted by atomic mass is 35.5. The number of nitrogens with one attached hydrogen (secondary N) is 2. The Balaban J connectivity index is 0.00000169. The second-order valence-corrected chi connectivity index (χ2v) is 5.89. The maximum Gasteiger partial charge on any atom is 0.271 e. The molecule has 0 aliphatic carbocycles. The van der Waals surface area contributed by atoms with E-state index in [0.717, 1.165) is 18.5 Å². The lowest BCUT2D eigenvalue weighted by molar-refractivity contribution is -0.384. The first-order chi connectivity index (χ1) is 11.6. The third-order valence-electron chi connectivity index (χ3n) is 3.80. The Morgan fingerprint density at radius 3 is 2.81 bits per heavy atom. The highest BCUT2D eigenvalue weighted by molar-refractivity contribution is 6.30. The topological polar surface area (TPSA) is 89.3 Å². The zero-order valence-electron chi connectivity index (χ0n) is 13.7. The molecule has 7 nitrogen and oxygen atoms in total. The summed E-state index contributed by atoms with van der Waals surface area (Å²) in [5.74, 6) is 0.656. The van der Waals surface area contributed by atoms with E-state index in [0.29, 0.717) is 35.8 Å². The summed E-state index contributed by atoms with van der Waals surface area (Å²) in [6, 6.07) is 8.54. The van der Waals surface area contributed by atoms with Crippen molar-refractivity contribution in [2.45, 2.75) is 19.0 Å². The second-order valence-electron chi connectivity index (χ2n) is 5.53. The van der Waals surface area contributed by atoms with Crippen LogP contribution < -0.4 is 15.4 Å². The molecule has 0 amide bonds. The molecule has 1 aliphatic rings. The van der Waals surface area contributed by atoms with Crippen molar-refractivity contribution in [3.8, 4) is 5.75 Å². The van der Waals surface area contributed by atoms with Gasteiger partial charge in [-0.25, -0.2) is 4.98 Å². The Bertz CT molecular complexity index is 744. The van der Waals surface area contributed by atoms with Crippen LogP contribution in [-0.2, 0) is 6.54 Å². The Labute approximate surface area is 168 Å². The third-order valence-corrected chi connectivity index (χ3v) is 4.14. The number of hydrogen-bond donors (Lipinski definition) is 2. The number of nitro groups is 1. The van der Waals surface area contributed by atoms with E-state index in [1.54, 1.807) is 18.3 Å². The van der Waals surface area contributed by atoms with E-state index in [1.807, 2.05) is 6.07 Å². The summed E-state index contributed by atoms with van der Waals surface area (Å²) in [5.41, 5.74) is 1.45. The van der Waals surface area contributed by atoms with Gasteiger partial charge in [-0.15, -0.1) is 24.8 Å². The van der Waals surface area contributed by atoms with Gasteiger partial charge in [0.05, 0.1) is 11.1 Å². The molecule has 1 aromatic heterocycles. The van der Waals surface area contributed by atoms with Crippen LogP contribution in [0.25, 0.3) is 0 Å². The van der Waals surface area contributed by atoms with E-state index in [9.17, 15) is 10.1 Å². The van der Waals surface area contributed by atoms with Crippen LogP contribution in [-0.4, -0.2) is 29.1 Å². The Kier molecular flexibility index (Phi) is 8.87. The van der Waals surface area contributed by atoms with Gasteiger partial charge in [-0.05, 0) is 25.1 Å². The number of halogens is 3. The van der Waals surface area contributed by atoms with E-state index >= 15 is 0 Å². The third kappa shape index (κ3) is 5.88. The maximum absolute atomic E-state index is 10.8. The second kappa shape index (κ2) is 10.4. The number of nitro benzene ring substituents is 1. The molecule has 1 atom stereocenters. The van der Waals surface area contributed by atoms with Gasteiger partial charge < -0.3 is 15.4 Å². The number of non-ortho nitro benzene ring substituents is 1. The molecule has 3 rings (SSSR count). The van der Waals surface area contributed by atoms with Crippen molar-refractivity contribution in [2.24, 2.45) is 0 Å². The fourth-order valence-electron chi connectivity index (χ4n) is 2.29. The van der Waals surface area contributed by atoms with Crippen molar-refractivity contribution < 1.29 is 9.66 Å². The van der Waals surface area contributed by atoms with E-state index in [2.05, 4.69) is 15.6 Å². The van der Waals surface area contributed by atoms with Crippen molar-refractivity contribution in [3.63, 3.8) is 0 Å². The summed E-state index contributed by atoms with van der Waals surface area (Å²) in [7, 11) is 0. The summed E-state index contributed by atoms with van der Waals surface area (Å²) in [6.45, 7) is 2.03. The first-order valence-electron chi connectivity index (χ1n) is 7.61. The fraction of sp³-hybridized carbons (Fsp3) is 0.312. The molecule has 2 N–H and O–H groups in total. The summed E-state index contributed by atoms with van der Waals surface area (Å²) in [4.78, 5) is 14.5. The monoisotopic (exact) mass is 420 g/mol. The molecule has 0 radical (unpaired) electrons. The number of rotatable bonds is 7. The van der Waals surface area contributed by atoms with Gasteiger partial charge in [0.25, 0.3) is 5.69 Å². The normalized spacial score (nSPS) is 15.0. The first kappa shape index (κ1) is 22.2. The maximum atomic E-state index is 10.8. The molecule has 26 heavy (non-hydrogen) atoms. The molecule has 2 heterocycles. The minimum absolute atomic E-state index is 0. The van der Waals surface area contributed by atoms with Crippen molar-refractivity contribution in [1.29, 1.82) is 0 Å². The summed E-state index contributed by atoms with van der Waals surface area (Å²) in [5, 5.41) is 17.6. The van der Waals surface area contributed by atoms with Crippen LogP contribution in [0.2, 0.25) is 5.15 Å². The minimum Gasteiger partial charge on any atom is -0.490 e. The fourth-order valence-corrected chi connectivity index (χ4v) is 2.46. The van der Waals surface area contributed by atoms with Crippen molar-refractivity contribution in [3.05, 3.63) is 57.4 Å². The van der Waals surface area contributed by atoms with Crippen LogP contribution in [0.3, 0.4) is 0 Å². The molecule has 0 unspecified atom stereocenters. The van der Waals surface area contributed by atoms with Gasteiger partial charge >= 0.3 is 0 Å². The average molecular weight is 422 g/mol. The highest BCUT2D eigenvalue weighted by Crippen LogP contribution is 2.22. The molecule has 0 saturated carbocycles. The molecule has 1 aromatic carbocycles. The van der Waals surface area contributed by atoms with E-state index < -0.39 is 4.92 Å². The van der Waals surface area contributed by atoms with Crippen LogP contribution in [0, 0.1) is 10.1 Å². The largest absolute Gasteiger partial charge is 0.490 e. The van der Waals surface area contributed by atoms with Gasteiger partial charge in [0, 0.05) is 36.0 Å². The Morgan fingerprint density at radius 1 is 1.38 bits per heavy atom. The standard InChI is InChI=1S/C16H17ClN4O3.2ClH/c17-16-11(6-15(9-20-16)24-10-13-4-5-18-13)8-19-12-2-1-3-14(7-12)21(22)23;;/h1-3,6-7,9,13,18-19H,4-5,8,10H2;2*1H/t13-;;/m0../s1. The number of aromatic nitrogens is 1. The molecule has 1 saturated heterocycles.